The summed E-state index contributed by atoms with van der Waals surface area (Å²) in [7, 11) is 0. The zero-order valence-corrected chi connectivity index (χ0v) is 11.4. The predicted molar refractivity (Wildman–Crippen MR) is 69.3 cm³/mol. The van der Waals surface area contributed by atoms with Crippen molar-refractivity contribution < 1.29 is 22.7 Å². The van der Waals surface area contributed by atoms with Crippen molar-refractivity contribution in [3.05, 3.63) is 29.8 Å². The van der Waals surface area contributed by atoms with Gasteiger partial charge in [-0.1, -0.05) is 18.2 Å². The van der Waals surface area contributed by atoms with Gasteiger partial charge in [-0.05, 0) is 26.8 Å². The molecule has 1 aromatic rings. The molecule has 20 heavy (non-hydrogen) atoms. The van der Waals surface area contributed by atoms with Gasteiger partial charge in [0.25, 0.3) is 0 Å². The van der Waals surface area contributed by atoms with E-state index in [1.54, 1.807) is 20.8 Å². The molecule has 0 aliphatic carbocycles. The molecule has 0 bridgehead atoms. The van der Waals surface area contributed by atoms with Crippen LogP contribution < -0.4 is 11.1 Å². The second kappa shape index (κ2) is 5.70. The largest absolute Gasteiger partial charge is 0.444 e. The molecule has 0 heterocycles. The van der Waals surface area contributed by atoms with E-state index in [2.05, 4.69) is 5.32 Å². The van der Waals surface area contributed by atoms with E-state index in [0.717, 1.165) is 0 Å². The van der Waals surface area contributed by atoms with Gasteiger partial charge in [-0.15, -0.1) is 0 Å². The van der Waals surface area contributed by atoms with E-state index in [1.165, 1.54) is 24.3 Å². The molecule has 0 saturated carbocycles. The number of ether oxygens (including phenoxy) is 1. The van der Waals surface area contributed by atoms with E-state index in [1.807, 2.05) is 0 Å². The van der Waals surface area contributed by atoms with Crippen LogP contribution in [0.3, 0.4) is 0 Å². The highest BCUT2D eigenvalue weighted by Crippen LogP contribution is 2.34. The van der Waals surface area contributed by atoms with E-state index in [9.17, 15) is 18.0 Å². The molecule has 0 spiro atoms. The third kappa shape index (κ3) is 4.73. The number of hydrogen-bond acceptors (Lipinski definition) is 3. The third-order valence-corrected chi connectivity index (χ3v) is 2.28. The van der Waals surface area contributed by atoms with Crippen LogP contribution in [0, 0.1) is 0 Å². The van der Waals surface area contributed by atoms with Crippen molar-refractivity contribution in [1.29, 1.82) is 0 Å². The molecule has 0 aliphatic heterocycles. The Kier molecular flexibility index (Phi) is 4.65. The SMILES string of the molecule is CC(C)(C)OC(=O)Nc1ccccc1C(N)C(F)(F)F. The summed E-state index contributed by atoms with van der Waals surface area (Å²) in [6.45, 7) is 4.96. The first-order valence-electron chi connectivity index (χ1n) is 5.92. The Balaban J connectivity index is 2.95. The van der Waals surface area contributed by atoms with E-state index in [0.29, 0.717) is 0 Å². The normalized spacial score (nSPS) is 13.8. The van der Waals surface area contributed by atoms with Gasteiger partial charge in [-0.25, -0.2) is 4.79 Å². The predicted octanol–water partition coefficient (Wildman–Crippen LogP) is 3.60. The summed E-state index contributed by atoms with van der Waals surface area (Å²) < 4.78 is 43.0. The standard InChI is InChI=1S/C13H17F3N2O2/c1-12(2,3)20-11(19)18-9-7-5-4-6-8(9)10(17)13(14,15)16/h4-7,10H,17H2,1-3H3,(H,18,19). The number of nitrogens with one attached hydrogen (secondary N) is 1. The third-order valence-electron chi connectivity index (χ3n) is 2.28. The summed E-state index contributed by atoms with van der Waals surface area (Å²) in [5.74, 6) is 0. The van der Waals surface area contributed by atoms with Crippen molar-refractivity contribution in [3.8, 4) is 0 Å². The highest BCUT2D eigenvalue weighted by Gasteiger charge is 2.39. The summed E-state index contributed by atoms with van der Waals surface area (Å²) in [4.78, 5) is 11.6. The van der Waals surface area contributed by atoms with Crippen LogP contribution in [0.1, 0.15) is 32.4 Å². The van der Waals surface area contributed by atoms with Crippen LogP contribution in [0.4, 0.5) is 23.7 Å². The molecule has 1 atom stereocenters. The van der Waals surface area contributed by atoms with E-state index in [-0.39, 0.29) is 11.3 Å². The molecule has 3 N–H and O–H groups in total. The number of hydrogen-bond donors (Lipinski definition) is 2. The maximum atomic E-state index is 12.7. The maximum Gasteiger partial charge on any atom is 0.412 e. The van der Waals surface area contributed by atoms with Gasteiger partial charge in [-0.2, -0.15) is 13.2 Å². The minimum atomic E-state index is -4.59. The quantitative estimate of drug-likeness (QED) is 0.874. The number of nitrogens with two attached hydrogens (primary N) is 1. The summed E-state index contributed by atoms with van der Waals surface area (Å²) >= 11 is 0. The Labute approximate surface area is 115 Å². The van der Waals surface area contributed by atoms with Gasteiger partial charge in [0.15, 0.2) is 0 Å². The Bertz CT molecular complexity index is 481. The van der Waals surface area contributed by atoms with Crippen molar-refractivity contribution >= 4 is 11.8 Å². The summed E-state index contributed by atoms with van der Waals surface area (Å²) in [6, 6.07) is 3.30. The fraction of sp³-hybridized carbons (Fsp3) is 0.462. The van der Waals surface area contributed by atoms with Gasteiger partial charge in [0.05, 0.1) is 0 Å². The molecule has 0 saturated heterocycles. The minimum Gasteiger partial charge on any atom is -0.444 e. The highest BCUT2D eigenvalue weighted by atomic mass is 19.4. The van der Waals surface area contributed by atoms with Crippen molar-refractivity contribution in [3.63, 3.8) is 0 Å². The number of carbonyl (C=O) groups excluding carboxylic acids is 1. The number of alkyl halides is 3. The van der Waals surface area contributed by atoms with Gasteiger partial charge >= 0.3 is 12.3 Å². The Hall–Kier alpha value is -1.76. The second-order valence-corrected chi connectivity index (χ2v) is 5.23. The van der Waals surface area contributed by atoms with Crippen molar-refractivity contribution in [2.75, 3.05) is 5.32 Å². The Morgan fingerprint density at radius 3 is 2.30 bits per heavy atom. The molecule has 1 unspecified atom stereocenters. The average molecular weight is 290 g/mol. The summed E-state index contributed by atoms with van der Waals surface area (Å²) in [5.41, 5.74) is 4.18. The number of carbonyl (C=O) groups is 1. The van der Waals surface area contributed by atoms with Crippen LogP contribution in [0.15, 0.2) is 24.3 Å². The average Bonchev–Trinajstić information content (AvgIpc) is 2.24. The minimum absolute atomic E-state index is 0.0217. The van der Waals surface area contributed by atoms with Gasteiger partial charge in [0.2, 0.25) is 0 Å². The van der Waals surface area contributed by atoms with Gasteiger partial charge in [0, 0.05) is 11.3 Å². The number of rotatable bonds is 2. The molecule has 1 amide bonds. The first-order valence-corrected chi connectivity index (χ1v) is 5.92. The molecule has 0 aromatic heterocycles. The van der Waals surface area contributed by atoms with Crippen molar-refractivity contribution in [2.24, 2.45) is 5.73 Å². The van der Waals surface area contributed by atoms with Crippen LogP contribution in [-0.2, 0) is 4.74 Å². The summed E-state index contributed by atoms with van der Waals surface area (Å²) in [6.07, 6.45) is -5.43. The van der Waals surface area contributed by atoms with Gasteiger partial charge < -0.3 is 10.5 Å². The second-order valence-electron chi connectivity index (χ2n) is 5.23. The molecule has 0 fully saturated rings. The maximum absolute atomic E-state index is 12.7. The molecule has 7 heteroatoms. The lowest BCUT2D eigenvalue weighted by Gasteiger charge is -2.22. The smallest absolute Gasteiger partial charge is 0.412 e. The molecule has 1 rings (SSSR count). The van der Waals surface area contributed by atoms with Crippen LogP contribution in [-0.4, -0.2) is 17.9 Å². The van der Waals surface area contributed by atoms with Gasteiger partial charge in [-0.3, -0.25) is 5.32 Å². The Morgan fingerprint density at radius 2 is 1.80 bits per heavy atom. The number of anilines is 1. The zero-order chi connectivity index (χ0) is 15.6. The van der Waals surface area contributed by atoms with E-state index >= 15 is 0 Å². The van der Waals surface area contributed by atoms with Crippen molar-refractivity contribution in [2.45, 2.75) is 38.6 Å². The van der Waals surface area contributed by atoms with E-state index in [4.69, 9.17) is 10.5 Å². The number of halogens is 3. The fourth-order valence-electron chi connectivity index (χ4n) is 1.47. The lowest BCUT2D eigenvalue weighted by atomic mass is 10.1. The van der Waals surface area contributed by atoms with Crippen LogP contribution in [0.2, 0.25) is 0 Å². The first kappa shape index (κ1) is 16.3. The first-order chi connectivity index (χ1) is 9.00. The lowest BCUT2D eigenvalue weighted by Crippen LogP contribution is -2.31. The monoisotopic (exact) mass is 290 g/mol. The molecule has 0 aliphatic rings. The summed E-state index contributed by atoms with van der Waals surface area (Å²) in [5, 5.41) is 2.28. The number of benzene rings is 1. The topological polar surface area (TPSA) is 64.3 Å². The molecule has 112 valence electrons. The zero-order valence-electron chi connectivity index (χ0n) is 11.4. The van der Waals surface area contributed by atoms with Crippen LogP contribution in [0.25, 0.3) is 0 Å². The fourth-order valence-corrected chi connectivity index (χ4v) is 1.47. The molecule has 1 aromatic carbocycles. The molecule has 4 nitrogen and oxygen atoms in total. The van der Waals surface area contributed by atoms with Gasteiger partial charge in [0.1, 0.15) is 11.6 Å². The number of amides is 1. The Morgan fingerprint density at radius 1 is 1.25 bits per heavy atom. The van der Waals surface area contributed by atoms with Crippen LogP contribution in [0.5, 0.6) is 0 Å². The van der Waals surface area contributed by atoms with Crippen LogP contribution >= 0.6 is 0 Å². The van der Waals surface area contributed by atoms with E-state index < -0.39 is 23.9 Å². The molecular formula is C13H17F3N2O2. The van der Waals surface area contributed by atoms with Crippen molar-refractivity contribution in [1.82, 2.24) is 0 Å². The lowest BCUT2D eigenvalue weighted by molar-refractivity contribution is -0.149. The molecule has 0 radical (unpaired) electrons. The molecular weight excluding hydrogens is 273 g/mol. The number of para-hydroxylation sites is 1. The highest BCUT2D eigenvalue weighted by molar-refractivity contribution is 5.86.